The molecular formula is C12H17N3O2S3. The maximum absolute atomic E-state index is 12.3. The van der Waals surface area contributed by atoms with Gasteiger partial charge in [0.2, 0.25) is 0 Å². The lowest BCUT2D eigenvalue weighted by molar-refractivity contribution is 0.601. The highest BCUT2D eigenvalue weighted by atomic mass is 32.2. The molecule has 0 radical (unpaired) electrons. The van der Waals surface area contributed by atoms with Crippen molar-refractivity contribution in [3.8, 4) is 0 Å². The smallest absolute Gasteiger partial charge is 0.264 e. The Bertz CT molecular complexity index is 648. The fraction of sp³-hybridized carbons (Fsp3) is 0.417. The van der Waals surface area contributed by atoms with Crippen molar-refractivity contribution in [3.63, 3.8) is 0 Å². The van der Waals surface area contributed by atoms with Crippen LogP contribution in [0.25, 0.3) is 0 Å². The quantitative estimate of drug-likeness (QED) is 0.765. The van der Waals surface area contributed by atoms with E-state index in [1.165, 1.54) is 22.7 Å². The third-order valence-corrected chi connectivity index (χ3v) is 6.06. The van der Waals surface area contributed by atoms with Crippen molar-refractivity contribution in [1.29, 1.82) is 0 Å². The molecule has 0 amide bonds. The van der Waals surface area contributed by atoms with E-state index in [0.717, 1.165) is 22.7 Å². The Labute approximate surface area is 127 Å². The zero-order valence-corrected chi connectivity index (χ0v) is 13.8. The molecule has 0 fully saturated rings. The molecule has 0 unspecified atom stereocenters. The number of hydrogen-bond acceptors (Lipinski definition) is 6. The van der Waals surface area contributed by atoms with Gasteiger partial charge in [-0.25, -0.2) is 13.4 Å². The van der Waals surface area contributed by atoms with Gasteiger partial charge in [-0.2, -0.15) is 0 Å². The molecule has 110 valence electrons. The topological polar surface area (TPSA) is 71.1 Å². The average molecular weight is 331 g/mol. The third-order valence-electron chi connectivity index (χ3n) is 2.59. The zero-order chi connectivity index (χ0) is 14.6. The summed E-state index contributed by atoms with van der Waals surface area (Å²) in [6.07, 6.45) is 2.63. The predicted octanol–water partition coefficient (Wildman–Crippen LogP) is 2.81. The number of thiazole rings is 1. The molecule has 0 aliphatic carbocycles. The predicted molar refractivity (Wildman–Crippen MR) is 84.0 cm³/mol. The summed E-state index contributed by atoms with van der Waals surface area (Å²) < 4.78 is 27.1. The highest BCUT2D eigenvalue weighted by Gasteiger charge is 2.20. The van der Waals surface area contributed by atoms with Crippen molar-refractivity contribution < 1.29 is 8.42 Å². The first-order valence-electron chi connectivity index (χ1n) is 6.25. The summed E-state index contributed by atoms with van der Waals surface area (Å²) in [5, 5.41) is 5.40. The van der Waals surface area contributed by atoms with Crippen molar-refractivity contribution in [2.24, 2.45) is 0 Å². The second kappa shape index (κ2) is 6.66. The van der Waals surface area contributed by atoms with Gasteiger partial charge in [0.15, 0.2) is 5.13 Å². The minimum absolute atomic E-state index is 0.339. The highest BCUT2D eigenvalue weighted by molar-refractivity contribution is 7.93. The zero-order valence-electron chi connectivity index (χ0n) is 11.3. The van der Waals surface area contributed by atoms with E-state index >= 15 is 0 Å². The van der Waals surface area contributed by atoms with Crippen LogP contribution in [0.3, 0.4) is 0 Å². The number of sulfonamides is 1. The van der Waals surface area contributed by atoms with E-state index in [9.17, 15) is 8.42 Å². The first-order chi connectivity index (χ1) is 9.53. The van der Waals surface area contributed by atoms with E-state index in [0.29, 0.717) is 16.6 Å². The first-order valence-corrected chi connectivity index (χ1v) is 9.43. The van der Waals surface area contributed by atoms with Gasteiger partial charge >= 0.3 is 0 Å². The van der Waals surface area contributed by atoms with Crippen molar-refractivity contribution in [1.82, 2.24) is 10.3 Å². The molecule has 2 aromatic rings. The molecule has 2 heterocycles. The van der Waals surface area contributed by atoms with Crippen LogP contribution in [0.4, 0.5) is 5.13 Å². The number of hydrogen-bond donors (Lipinski definition) is 2. The molecule has 2 N–H and O–H groups in total. The second-order valence-electron chi connectivity index (χ2n) is 4.25. The van der Waals surface area contributed by atoms with E-state index < -0.39 is 10.0 Å². The summed E-state index contributed by atoms with van der Waals surface area (Å²) in [5.41, 5.74) is 0. The summed E-state index contributed by atoms with van der Waals surface area (Å²) in [6.45, 7) is 5.55. The van der Waals surface area contributed by atoms with Gasteiger partial charge in [-0.15, -0.1) is 22.7 Å². The molecule has 20 heavy (non-hydrogen) atoms. The van der Waals surface area contributed by atoms with E-state index in [-0.39, 0.29) is 0 Å². The molecule has 0 spiro atoms. The fourth-order valence-corrected chi connectivity index (χ4v) is 5.11. The van der Waals surface area contributed by atoms with Gasteiger partial charge in [0.25, 0.3) is 10.0 Å². The summed E-state index contributed by atoms with van der Waals surface area (Å²) in [7, 11) is -3.54. The minimum Gasteiger partial charge on any atom is -0.312 e. The molecule has 2 rings (SSSR count). The Kier molecular flexibility index (Phi) is 5.14. The second-order valence-corrected chi connectivity index (χ2v) is 8.14. The number of rotatable bonds is 7. The van der Waals surface area contributed by atoms with Crippen molar-refractivity contribution in [2.45, 2.75) is 31.7 Å². The molecule has 0 aliphatic rings. The van der Waals surface area contributed by atoms with Crippen LogP contribution >= 0.6 is 22.7 Å². The van der Waals surface area contributed by atoms with Crippen LogP contribution in [0.15, 0.2) is 22.5 Å². The summed E-state index contributed by atoms with van der Waals surface area (Å²) in [5.74, 6) is 0. The molecule has 0 saturated heterocycles. The van der Waals surface area contributed by atoms with Gasteiger partial charge in [0.05, 0.1) is 0 Å². The van der Waals surface area contributed by atoms with Crippen LogP contribution in [0.5, 0.6) is 0 Å². The Morgan fingerprint density at radius 3 is 2.85 bits per heavy atom. The summed E-state index contributed by atoms with van der Waals surface area (Å²) in [4.78, 5) is 6.10. The van der Waals surface area contributed by atoms with Crippen LogP contribution in [-0.2, 0) is 16.6 Å². The number of nitrogens with zero attached hydrogens (tertiary/aromatic N) is 1. The van der Waals surface area contributed by atoms with Gasteiger partial charge < -0.3 is 5.32 Å². The maximum Gasteiger partial charge on any atom is 0.264 e. The largest absolute Gasteiger partial charge is 0.312 e. The van der Waals surface area contributed by atoms with E-state index in [2.05, 4.69) is 21.9 Å². The molecular weight excluding hydrogens is 314 g/mol. The lowest BCUT2D eigenvalue weighted by Crippen LogP contribution is -2.14. The van der Waals surface area contributed by atoms with Gasteiger partial charge in [-0.3, -0.25) is 4.72 Å². The lowest BCUT2D eigenvalue weighted by atomic mass is 10.4. The SMILES string of the molecule is CCCNCc1cc(S(=O)(=O)Nc2nccs2)c(C)s1. The molecule has 0 saturated carbocycles. The Hall–Kier alpha value is -0.960. The number of aryl methyl sites for hydroxylation is 1. The van der Waals surface area contributed by atoms with Gasteiger partial charge in [-0.1, -0.05) is 6.92 Å². The first kappa shape index (κ1) is 15.4. The van der Waals surface area contributed by atoms with E-state index in [4.69, 9.17) is 0 Å². The number of nitrogens with one attached hydrogen (secondary N) is 2. The van der Waals surface area contributed by atoms with Crippen LogP contribution in [0.1, 0.15) is 23.1 Å². The monoisotopic (exact) mass is 331 g/mol. The van der Waals surface area contributed by atoms with E-state index in [1.54, 1.807) is 17.6 Å². The summed E-state index contributed by atoms with van der Waals surface area (Å²) in [6, 6.07) is 1.73. The van der Waals surface area contributed by atoms with Gasteiger partial charge in [0, 0.05) is 27.9 Å². The van der Waals surface area contributed by atoms with Crippen molar-refractivity contribution in [2.75, 3.05) is 11.3 Å². The Morgan fingerprint density at radius 2 is 2.20 bits per heavy atom. The number of aromatic nitrogens is 1. The van der Waals surface area contributed by atoms with Crippen molar-refractivity contribution >= 4 is 37.8 Å². The van der Waals surface area contributed by atoms with Crippen LogP contribution in [0.2, 0.25) is 0 Å². The van der Waals surface area contributed by atoms with E-state index in [1.807, 2.05) is 6.92 Å². The summed E-state index contributed by atoms with van der Waals surface area (Å²) >= 11 is 2.77. The van der Waals surface area contributed by atoms with Crippen LogP contribution in [-0.4, -0.2) is 19.9 Å². The normalized spacial score (nSPS) is 11.7. The van der Waals surface area contributed by atoms with Gasteiger partial charge in [-0.05, 0) is 26.0 Å². The minimum atomic E-state index is -3.54. The fourth-order valence-electron chi connectivity index (χ4n) is 1.71. The number of anilines is 1. The molecule has 0 bridgehead atoms. The highest BCUT2D eigenvalue weighted by Crippen LogP contribution is 2.27. The molecule has 8 heteroatoms. The molecule has 2 aromatic heterocycles. The lowest BCUT2D eigenvalue weighted by Gasteiger charge is -2.03. The van der Waals surface area contributed by atoms with Crippen LogP contribution in [0, 0.1) is 6.92 Å². The third kappa shape index (κ3) is 3.78. The van der Waals surface area contributed by atoms with Crippen molar-refractivity contribution in [3.05, 3.63) is 27.4 Å². The van der Waals surface area contributed by atoms with Gasteiger partial charge in [0.1, 0.15) is 4.90 Å². The standard InChI is InChI=1S/C12H17N3O2S3/c1-3-4-13-8-10-7-11(9(2)19-10)20(16,17)15-12-14-5-6-18-12/h5-7,13H,3-4,8H2,1-2H3,(H,14,15). The Morgan fingerprint density at radius 1 is 1.40 bits per heavy atom. The Balaban J connectivity index is 2.15. The molecule has 0 atom stereocenters. The van der Waals surface area contributed by atoms with Crippen LogP contribution < -0.4 is 10.0 Å². The molecule has 5 nitrogen and oxygen atoms in total. The number of thiophene rings is 1. The molecule has 0 aliphatic heterocycles. The average Bonchev–Trinajstić information content (AvgIpc) is 2.99. The maximum atomic E-state index is 12.3. The molecule has 0 aromatic carbocycles.